The van der Waals surface area contributed by atoms with Crippen LogP contribution in [0.2, 0.25) is 0 Å². The fraction of sp³-hybridized carbons (Fsp3) is 0.0870. The van der Waals surface area contributed by atoms with Crippen LogP contribution in [0, 0.1) is 0 Å². The summed E-state index contributed by atoms with van der Waals surface area (Å²) in [4.78, 5) is 20.0. The molecule has 4 aromatic rings. The van der Waals surface area contributed by atoms with Gasteiger partial charge in [-0.2, -0.15) is 0 Å². The number of carboxylic acid groups (broad SMARTS) is 1. The molecule has 4 rings (SSSR count). The third kappa shape index (κ3) is 4.69. The lowest BCUT2D eigenvalue weighted by Crippen LogP contribution is -2.16. The van der Waals surface area contributed by atoms with E-state index in [0.29, 0.717) is 28.2 Å². The maximum Gasteiger partial charge on any atom is 0.335 e. The molecule has 34 heavy (non-hydrogen) atoms. The van der Waals surface area contributed by atoms with Gasteiger partial charge in [0.2, 0.25) is 0 Å². The Morgan fingerprint density at radius 3 is 2.24 bits per heavy atom. The predicted molar refractivity (Wildman–Crippen MR) is 127 cm³/mol. The van der Waals surface area contributed by atoms with Gasteiger partial charge in [0.25, 0.3) is 10.0 Å². The van der Waals surface area contributed by atoms with Gasteiger partial charge >= 0.3 is 5.97 Å². The van der Waals surface area contributed by atoms with Crippen LogP contribution in [-0.4, -0.2) is 43.7 Å². The highest BCUT2D eigenvalue weighted by Gasteiger charge is 2.21. The molecule has 0 aliphatic carbocycles. The van der Waals surface area contributed by atoms with E-state index in [1.165, 1.54) is 32.4 Å². The Labute approximate surface area is 195 Å². The first-order chi connectivity index (χ1) is 16.3. The van der Waals surface area contributed by atoms with E-state index in [4.69, 9.17) is 9.47 Å². The molecule has 1 heterocycles. The summed E-state index contributed by atoms with van der Waals surface area (Å²) in [7, 11) is -1.17. The van der Waals surface area contributed by atoms with Crippen LogP contribution in [-0.2, 0) is 10.0 Å². The van der Waals surface area contributed by atoms with E-state index >= 15 is 0 Å². The number of anilines is 3. The van der Waals surface area contributed by atoms with Gasteiger partial charge < -0.3 is 19.9 Å². The average molecular weight is 481 g/mol. The molecule has 0 saturated carbocycles. The molecular weight excluding hydrogens is 460 g/mol. The molecule has 3 N–H and O–H groups in total. The molecule has 11 heteroatoms. The van der Waals surface area contributed by atoms with Gasteiger partial charge in [0.1, 0.15) is 11.5 Å². The maximum atomic E-state index is 13.1. The number of carboxylic acids is 1. The largest absolute Gasteiger partial charge is 0.497 e. The van der Waals surface area contributed by atoms with Gasteiger partial charge in [-0.1, -0.05) is 18.2 Å². The van der Waals surface area contributed by atoms with Gasteiger partial charge in [-0.25, -0.2) is 23.2 Å². The fourth-order valence-electron chi connectivity index (χ4n) is 3.18. The monoisotopic (exact) mass is 480 g/mol. The van der Waals surface area contributed by atoms with Crippen LogP contribution in [0.4, 0.5) is 17.3 Å². The molecule has 174 valence electrons. The van der Waals surface area contributed by atoms with Crippen molar-refractivity contribution in [3.8, 4) is 11.5 Å². The van der Waals surface area contributed by atoms with Gasteiger partial charge in [-0.05, 0) is 42.5 Å². The first-order valence-corrected chi connectivity index (χ1v) is 11.4. The molecule has 10 nitrogen and oxygen atoms in total. The zero-order valence-electron chi connectivity index (χ0n) is 18.1. The number of nitrogens with one attached hydrogen (secondary N) is 2. The third-order valence-electron chi connectivity index (χ3n) is 4.85. The number of aromatic nitrogens is 2. The van der Waals surface area contributed by atoms with Gasteiger partial charge in [-0.3, -0.25) is 4.72 Å². The second-order valence-electron chi connectivity index (χ2n) is 7.04. The average Bonchev–Trinajstić information content (AvgIpc) is 2.84. The highest BCUT2D eigenvalue weighted by molar-refractivity contribution is 7.92. The number of hydrogen-bond donors (Lipinski definition) is 3. The maximum absolute atomic E-state index is 13.1. The van der Waals surface area contributed by atoms with Crippen LogP contribution < -0.4 is 19.5 Å². The molecule has 0 spiro atoms. The molecule has 0 aliphatic heterocycles. The number of ether oxygens (including phenoxy) is 2. The Morgan fingerprint density at radius 1 is 0.882 bits per heavy atom. The summed E-state index contributed by atoms with van der Waals surface area (Å²) < 4.78 is 39.3. The van der Waals surface area contributed by atoms with Gasteiger partial charge in [-0.15, -0.1) is 0 Å². The highest BCUT2D eigenvalue weighted by atomic mass is 32.2. The summed E-state index contributed by atoms with van der Waals surface area (Å²) in [6.45, 7) is 0. The molecule has 0 bridgehead atoms. The summed E-state index contributed by atoms with van der Waals surface area (Å²) >= 11 is 0. The predicted octanol–water partition coefficient (Wildman–Crippen LogP) is 3.89. The molecular formula is C23H20N4O6S. The minimum Gasteiger partial charge on any atom is -0.497 e. The molecule has 0 aliphatic rings. The first kappa shape index (κ1) is 22.8. The summed E-state index contributed by atoms with van der Waals surface area (Å²) in [5.74, 6) is -0.189. The van der Waals surface area contributed by atoms with Crippen molar-refractivity contribution in [2.45, 2.75) is 4.90 Å². The molecule has 0 radical (unpaired) electrons. The lowest BCUT2D eigenvalue weighted by Gasteiger charge is -2.16. The Kier molecular flexibility index (Phi) is 6.19. The topological polar surface area (TPSA) is 140 Å². The molecule has 0 fully saturated rings. The highest BCUT2D eigenvalue weighted by Crippen LogP contribution is 2.34. The smallest absolute Gasteiger partial charge is 0.335 e. The first-order valence-electron chi connectivity index (χ1n) is 9.93. The third-order valence-corrected chi connectivity index (χ3v) is 6.19. The van der Waals surface area contributed by atoms with Crippen LogP contribution in [0.3, 0.4) is 0 Å². The van der Waals surface area contributed by atoms with Crippen LogP contribution >= 0.6 is 0 Å². The van der Waals surface area contributed by atoms with Crippen LogP contribution in [0.15, 0.2) is 71.6 Å². The van der Waals surface area contributed by atoms with Crippen molar-refractivity contribution >= 4 is 44.3 Å². The van der Waals surface area contributed by atoms with Crippen molar-refractivity contribution < 1.29 is 27.8 Å². The van der Waals surface area contributed by atoms with Crippen molar-refractivity contribution in [2.24, 2.45) is 0 Å². The zero-order valence-corrected chi connectivity index (χ0v) is 19.0. The van der Waals surface area contributed by atoms with Gasteiger partial charge in [0, 0.05) is 6.07 Å². The van der Waals surface area contributed by atoms with Gasteiger partial charge in [0.05, 0.1) is 41.4 Å². The Balaban J connectivity index is 1.80. The number of para-hydroxylation sites is 2. The standard InChI is InChI=1S/C23H20N4O6S/c1-32-15-10-11-20(33-2)19(13-15)26-21-22(25-18-9-4-3-8-17(18)24-21)27-34(30,31)16-7-5-6-14(12-16)23(28)29/h3-13H,1-2H3,(H,24,26)(H,25,27)(H,28,29). The lowest BCUT2D eigenvalue weighted by molar-refractivity contribution is 0.0696. The van der Waals surface area contributed by atoms with E-state index in [1.54, 1.807) is 42.5 Å². The summed E-state index contributed by atoms with van der Waals surface area (Å²) in [6, 6.07) is 17.1. The second kappa shape index (κ2) is 9.24. The van der Waals surface area contributed by atoms with E-state index in [0.717, 1.165) is 6.07 Å². The number of aromatic carboxylic acids is 1. The number of fused-ring (bicyclic) bond motifs is 1. The number of hydrogen-bond acceptors (Lipinski definition) is 8. The number of benzene rings is 3. The minimum absolute atomic E-state index is 0.0794. The number of carbonyl (C=O) groups is 1. The number of nitrogens with zero attached hydrogens (tertiary/aromatic N) is 2. The van der Waals surface area contributed by atoms with Crippen molar-refractivity contribution in [1.82, 2.24) is 9.97 Å². The molecule has 3 aromatic carbocycles. The van der Waals surface area contributed by atoms with E-state index in [-0.39, 0.29) is 22.1 Å². The molecule has 0 saturated heterocycles. The summed E-state index contributed by atoms with van der Waals surface area (Å²) in [5.41, 5.74) is 1.30. The van der Waals surface area contributed by atoms with Crippen LogP contribution in [0.25, 0.3) is 11.0 Å². The van der Waals surface area contributed by atoms with E-state index in [1.807, 2.05) is 0 Å². The Bertz CT molecular complexity index is 1490. The summed E-state index contributed by atoms with van der Waals surface area (Å²) in [6.07, 6.45) is 0. The van der Waals surface area contributed by atoms with E-state index in [2.05, 4.69) is 20.0 Å². The Hall–Kier alpha value is -4.38. The van der Waals surface area contributed by atoms with Crippen molar-refractivity contribution in [3.05, 3.63) is 72.3 Å². The molecule has 1 aromatic heterocycles. The van der Waals surface area contributed by atoms with Crippen LogP contribution in [0.1, 0.15) is 10.4 Å². The molecule has 0 unspecified atom stereocenters. The second-order valence-corrected chi connectivity index (χ2v) is 8.72. The summed E-state index contributed by atoms with van der Waals surface area (Å²) in [5, 5.41) is 12.3. The zero-order chi connectivity index (χ0) is 24.3. The van der Waals surface area contributed by atoms with Crippen molar-refractivity contribution in [1.29, 1.82) is 0 Å². The SMILES string of the molecule is COc1ccc(OC)c(Nc2nc3ccccc3nc2NS(=O)(=O)c2cccc(C(=O)O)c2)c1. The molecule has 0 atom stereocenters. The fourth-order valence-corrected chi connectivity index (χ4v) is 4.23. The van der Waals surface area contributed by atoms with Gasteiger partial charge in [0.15, 0.2) is 11.6 Å². The van der Waals surface area contributed by atoms with Crippen LogP contribution in [0.5, 0.6) is 11.5 Å². The van der Waals surface area contributed by atoms with E-state index in [9.17, 15) is 18.3 Å². The van der Waals surface area contributed by atoms with E-state index < -0.39 is 16.0 Å². The normalized spacial score (nSPS) is 11.1. The van der Waals surface area contributed by atoms with Crippen molar-refractivity contribution in [2.75, 3.05) is 24.3 Å². The minimum atomic E-state index is -4.19. The number of rotatable bonds is 8. The molecule has 0 amide bonds. The Morgan fingerprint density at radius 2 is 1.59 bits per heavy atom. The number of sulfonamides is 1. The lowest BCUT2D eigenvalue weighted by atomic mass is 10.2. The quantitative estimate of drug-likeness (QED) is 0.343. The van der Waals surface area contributed by atoms with Crippen molar-refractivity contribution in [3.63, 3.8) is 0 Å². The number of methoxy groups -OCH3 is 2.